The van der Waals surface area contributed by atoms with Gasteiger partial charge in [0.2, 0.25) is 5.91 Å². The van der Waals surface area contributed by atoms with E-state index in [9.17, 15) is 9.59 Å². The number of hydrogen-bond acceptors (Lipinski definition) is 4. The average molecular weight is 212 g/mol. The van der Waals surface area contributed by atoms with E-state index in [2.05, 4.69) is 10.3 Å². The van der Waals surface area contributed by atoms with Gasteiger partial charge in [-0.1, -0.05) is 0 Å². The van der Waals surface area contributed by atoms with Crippen molar-refractivity contribution >= 4 is 23.2 Å². The first-order valence-electron chi connectivity index (χ1n) is 4.10. The van der Waals surface area contributed by atoms with Crippen LogP contribution in [0.4, 0.5) is 0 Å². The Bertz CT molecular complexity index is 363. The largest absolute Gasteiger partial charge is 0.480 e. The molecule has 1 saturated heterocycles. The monoisotopic (exact) mass is 212 g/mol. The standard InChI is InChI=1S/C8H8N2O3S/c11-5-3-4(6(10-5)8(12)13)7-9-1-2-14-7/h1-2,4,6H,3H2,(H,10,11)(H,12,13). The summed E-state index contributed by atoms with van der Waals surface area (Å²) in [7, 11) is 0. The summed E-state index contributed by atoms with van der Waals surface area (Å²) in [6, 6.07) is -0.825. The summed E-state index contributed by atoms with van der Waals surface area (Å²) in [4.78, 5) is 25.9. The summed E-state index contributed by atoms with van der Waals surface area (Å²) in [6.07, 6.45) is 1.83. The molecule has 0 radical (unpaired) electrons. The fraction of sp³-hybridized carbons (Fsp3) is 0.375. The Hall–Kier alpha value is -1.43. The lowest BCUT2D eigenvalue weighted by atomic mass is 10.0. The molecule has 0 aromatic carbocycles. The van der Waals surface area contributed by atoms with Crippen LogP contribution in [0.25, 0.3) is 0 Å². The predicted octanol–water partition coefficient (Wildman–Crippen LogP) is 0.200. The maximum atomic E-state index is 11.1. The van der Waals surface area contributed by atoms with Gasteiger partial charge in [0, 0.05) is 18.0 Å². The molecule has 6 heteroatoms. The minimum Gasteiger partial charge on any atom is -0.480 e. The smallest absolute Gasteiger partial charge is 0.326 e. The normalized spacial score (nSPS) is 26.1. The van der Waals surface area contributed by atoms with Gasteiger partial charge in [0.15, 0.2) is 0 Å². The maximum absolute atomic E-state index is 11.1. The van der Waals surface area contributed by atoms with Gasteiger partial charge in [-0.2, -0.15) is 0 Å². The van der Waals surface area contributed by atoms with Gasteiger partial charge in [0.25, 0.3) is 0 Å². The van der Waals surface area contributed by atoms with Crippen LogP contribution in [-0.2, 0) is 9.59 Å². The SMILES string of the molecule is O=C1CC(c2nccs2)C(C(=O)O)N1. The lowest BCUT2D eigenvalue weighted by Crippen LogP contribution is -2.35. The van der Waals surface area contributed by atoms with Gasteiger partial charge in [-0.15, -0.1) is 11.3 Å². The molecule has 1 aromatic rings. The Labute approximate surface area is 83.8 Å². The number of aliphatic carboxylic acids is 1. The van der Waals surface area contributed by atoms with Crippen LogP contribution in [0.1, 0.15) is 17.3 Å². The van der Waals surface area contributed by atoms with Crippen LogP contribution in [-0.4, -0.2) is 28.0 Å². The minimum atomic E-state index is -1.00. The van der Waals surface area contributed by atoms with Gasteiger partial charge in [-0.05, 0) is 0 Å². The van der Waals surface area contributed by atoms with Gasteiger partial charge in [-0.25, -0.2) is 9.78 Å². The lowest BCUT2D eigenvalue weighted by molar-refractivity contribution is -0.140. The summed E-state index contributed by atoms with van der Waals surface area (Å²) < 4.78 is 0. The molecule has 1 fully saturated rings. The van der Waals surface area contributed by atoms with Crippen LogP contribution >= 0.6 is 11.3 Å². The number of hydrogen-bond donors (Lipinski definition) is 2. The van der Waals surface area contributed by atoms with E-state index in [1.54, 1.807) is 11.6 Å². The summed E-state index contributed by atoms with van der Waals surface area (Å²) in [6.45, 7) is 0. The van der Waals surface area contributed by atoms with E-state index in [-0.39, 0.29) is 18.2 Å². The molecule has 1 aromatic heterocycles. The predicted molar refractivity (Wildman–Crippen MR) is 49.0 cm³/mol. The van der Waals surface area contributed by atoms with Crippen molar-refractivity contribution in [2.24, 2.45) is 0 Å². The molecule has 0 bridgehead atoms. The van der Waals surface area contributed by atoms with Gasteiger partial charge in [0.1, 0.15) is 6.04 Å². The van der Waals surface area contributed by atoms with Gasteiger partial charge >= 0.3 is 5.97 Å². The summed E-state index contributed by atoms with van der Waals surface area (Å²) in [5.74, 6) is -1.55. The van der Waals surface area contributed by atoms with Crippen molar-refractivity contribution in [2.75, 3.05) is 0 Å². The first kappa shape index (κ1) is 9.14. The molecule has 2 atom stereocenters. The molecular weight excluding hydrogens is 204 g/mol. The second-order valence-corrected chi connectivity index (χ2v) is 3.99. The fourth-order valence-corrected chi connectivity index (χ4v) is 2.31. The Balaban J connectivity index is 2.26. The van der Waals surface area contributed by atoms with E-state index in [0.717, 1.165) is 0 Å². The van der Waals surface area contributed by atoms with Crippen molar-refractivity contribution in [3.05, 3.63) is 16.6 Å². The Morgan fingerprint density at radius 1 is 1.71 bits per heavy atom. The van der Waals surface area contributed by atoms with Crippen LogP contribution < -0.4 is 5.32 Å². The van der Waals surface area contributed by atoms with Gasteiger partial charge < -0.3 is 10.4 Å². The summed E-state index contributed by atoms with van der Waals surface area (Å²) >= 11 is 1.38. The van der Waals surface area contributed by atoms with Crippen LogP contribution in [0.3, 0.4) is 0 Å². The topological polar surface area (TPSA) is 79.3 Å². The molecule has 2 unspecified atom stereocenters. The van der Waals surface area contributed by atoms with Crippen LogP contribution in [0.2, 0.25) is 0 Å². The summed E-state index contributed by atoms with van der Waals surface area (Å²) in [5.41, 5.74) is 0. The van der Waals surface area contributed by atoms with Gasteiger partial charge in [-0.3, -0.25) is 4.79 Å². The Morgan fingerprint density at radius 2 is 2.50 bits per heavy atom. The number of rotatable bonds is 2. The number of carboxylic acids is 1. The molecule has 2 rings (SSSR count). The van der Waals surface area contributed by atoms with E-state index in [4.69, 9.17) is 5.11 Å². The minimum absolute atomic E-state index is 0.213. The van der Waals surface area contributed by atoms with Crippen molar-refractivity contribution in [3.63, 3.8) is 0 Å². The Kier molecular flexibility index (Phi) is 2.20. The molecule has 1 aliphatic heterocycles. The van der Waals surface area contributed by atoms with E-state index < -0.39 is 12.0 Å². The van der Waals surface area contributed by atoms with Crippen LogP contribution in [0.5, 0.6) is 0 Å². The van der Waals surface area contributed by atoms with Crippen LogP contribution in [0, 0.1) is 0 Å². The van der Waals surface area contributed by atoms with Crippen molar-refractivity contribution in [1.82, 2.24) is 10.3 Å². The third kappa shape index (κ3) is 1.48. The first-order valence-corrected chi connectivity index (χ1v) is 4.98. The van der Waals surface area contributed by atoms with Crippen LogP contribution in [0.15, 0.2) is 11.6 Å². The quantitative estimate of drug-likeness (QED) is 0.734. The molecule has 0 aliphatic carbocycles. The number of carboxylic acid groups (broad SMARTS) is 1. The number of nitrogens with one attached hydrogen (secondary N) is 1. The average Bonchev–Trinajstić information content (AvgIpc) is 2.70. The van der Waals surface area contributed by atoms with Crippen molar-refractivity contribution in [2.45, 2.75) is 18.4 Å². The molecule has 5 nitrogen and oxygen atoms in total. The highest BCUT2D eigenvalue weighted by atomic mass is 32.1. The zero-order valence-corrected chi connectivity index (χ0v) is 7.95. The number of nitrogens with zero attached hydrogens (tertiary/aromatic N) is 1. The zero-order chi connectivity index (χ0) is 10.1. The van der Waals surface area contributed by atoms with E-state index in [1.807, 2.05) is 0 Å². The third-order valence-corrected chi connectivity index (χ3v) is 3.07. The first-order chi connectivity index (χ1) is 6.68. The summed E-state index contributed by atoms with van der Waals surface area (Å²) in [5, 5.41) is 13.8. The highest BCUT2D eigenvalue weighted by Crippen LogP contribution is 2.29. The van der Waals surface area contributed by atoms with E-state index in [1.165, 1.54) is 11.3 Å². The number of carbonyl (C=O) groups excluding carboxylic acids is 1. The molecule has 14 heavy (non-hydrogen) atoms. The molecule has 1 amide bonds. The van der Waals surface area contributed by atoms with Gasteiger partial charge in [0.05, 0.1) is 10.9 Å². The number of thiazole rings is 1. The number of carbonyl (C=O) groups is 2. The van der Waals surface area contributed by atoms with Crippen molar-refractivity contribution in [3.8, 4) is 0 Å². The number of amides is 1. The third-order valence-electron chi connectivity index (χ3n) is 2.16. The molecule has 0 saturated carbocycles. The molecule has 2 N–H and O–H groups in total. The molecule has 1 aliphatic rings. The second-order valence-electron chi connectivity index (χ2n) is 3.06. The van der Waals surface area contributed by atoms with Crippen molar-refractivity contribution in [1.29, 1.82) is 0 Å². The second kappa shape index (κ2) is 3.38. The lowest BCUT2D eigenvalue weighted by Gasteiger charge is -2.10. The Morgan fingerprint density at radius 3 is 3.07 bits per heavy atom. The highest BCUT2D eigenvalue weighted by Gasteiger charge is 2.39. The number of aromatic nitrogens is 1. The van der Waals surface area contributed by atoms with E-state index >= 15 is 0 Å². The zero-order valence-electron chi connectivity index (χ0n) is 7.14. The van der Waals surface area contributed by atoms with Crippen molar-refractivity contribution < 1.29 is 14.7 Å². The fourth-order valence-electron chi connectivity index (χ4n) is 1.53. The molecule has 0 spiro atoms. The molecular formula is C8H8N2O3S. The molecule has 74 valence electrons. The highest BCUT2D eigenvalue weighted by molar-refractivity contribution is 7.09. The van der Waals surface area contributed by atoms with E-state index in [0.29, 0.717) is 5.01 Å². The maximum Gasteiger partial charge on any atom is 0.326 e. The molecule has 2 heterocycles.